The van der Waals surface area contributed by atoms with E-state index in [0.717, 1.165) is 26.1 Å². The molecule has 18 heavy (non-hydrogen) atoms. The molecule has 0 fully saturated rings. The fraction of sp³-hybridized carbons (Fsp3) is 0.0909. The van der Waals surface area contributed by atoms with E-state index < -0.39 is 0 Å². The van der Waals surface area contributed by atoms with Gasteiger partial charge in [-0.15, -0.1) is 0 Å². The molecule has 0 atom stereocenters. The molecule has 0 aliphatic rings. The van der Waals surface area contributed by atoms with Crippen molar-refractivity contribution in [1.82, 2.24) is 19.3 Å². The lowest BCUT2D eigenvalue weighted by Crippen LogP contribution is -1.89. The summed E-state index contributed by atoms with van der Waals surface area (Å²) < 4.78 is 5.02. The molecule has 1 aromatic carbocycles. The van der Waals surface area contributed by atoms with E-state index in [1.165, 1.54) is 23.3 Å². The van der Waals surface area contributed by atoms with Crippen molar-refractivity contribution in [1.29, 1.82) is 0 Å². The van der Waals surface area contributed by atoms with Crippen molar-refractivity contribution in [3.63, 3.8) is 0 Å². The van der Waals surface area contributed by atoms with Crippen molar-refractivity contribution in [3.8, 4) is 0 Å². The Morgan fingerprint density at radius 1 is 1.28 bits per heavy atom. The van der Waals surface area contributed by atoms with E-state index in [1.807, 2.05) is 25.1 Å². The van der Waals surface area contributed by atoms with Gasteiger partial charge in [0.25, 0.3) is 0 Å². The summed E-state index contributed by atoms with van der Waals surface area (Å²) in [6, 6.07) is 5.60. The Bertz CT molecular complexity index is 709. The molecule has 0 unspecified atom stereocenters. The van der Waals surface area contributed by atoms with Crippen LogP contribution in [-0.2, 0) is 0 Å². The van der Waals surface area contributed by atoms with Crippen molar-refractivity contribution in [2.24, 2.45) is 0 Å². The van der Waals surface area contributed by atoms with Gasteiger partial charge in [-0.25, -0.2) is 15.0 Å². The van der Waals surface area contributed by atoms with E-state index in [-0.39, 0.29) is 0 Å². The van der Waals surface area contributed by atoms with E-state index in [0.29, 0.717) is 5.69 Å². The van der Waals surface area contributed by atoms with Crippen LogP contribution in [0.4, 0.5) is 5.69 Å². The number of nitrogens with two attached hydrogens (primary N) is 1. The maximum Gasteiger partial charge on any atom is 0.176 e. The average Bonchev–Trinajstić information content (AvgIpc) is 2.76. The molecular weight excluding hydrogens is 266 g/mol. The van der Waals surface area contributed by atoms with Gasteiger partial charge in [0.15, 0.2) is 4.34 Å². The number of nitrogen functional groups attached to an aromatic ring is 1. The first kappa shape index (κ1) is 11.4. The molecule has 7 heteroatoms. The first-order valence-corrected chi connectivity index (χ1v) is 6.80. The third-order valence-electron chi connectivity index (χ3n) is 2.32. The van der Waals surface area contributed by atoms with Crippen molar-refractivity contribution in [2.75, 3.05) is 5.73 Å². The van der Waals surface area contributed by atoms with Gasteiger partial charge in [0.1, 0.15) is 17.2 Å². The van der Waals surface area contributed by atoms with Crippen molar-refractivity contribution < 1.29 is 0 Å². The number of aromatic nitrogens is 4. The van der Waals surface area contributed by atoms with Crippen LogP contribution in [0.15, 0.2) is 33.9 Å². The smallest absolute Gasteiger partial charge is 0.176 e. The van der Waals surface area contributed by atoms with Gasteiger partial charge in [-0.1, -0.05) is 0 Å². The SMILES string of the molecule is Cc1nsc(Sc2ncnc3ccc(N)cc23)n1. The molecule has 2 N–H and O–H groups in total. The molecule has 0 amide bonds. The van der Waals surface area contributed by atoms with Crippen molar-refractivity contribution >= 4 is 39.9 Å². The molecule has 0 saturated heterocycles. The minimum absolute atomic E-state index is 0.701. The fourth-order valence-corrected chi connectivity index (χ4v) is 3.17. The molecule has 0 bridgehead atoms. The quantitative estimate of drug-likeness (QED) is 0.572. The van der Waals surface area contributed by atoms with Crippen LogP contribution in [0.5, 0.6) is 0 Å². The minimum Gasteiger partial charge on any atom is -0.399 e. The lowest BCUT2D eigenvalue weighted by atomic mass is 10.2. The largest absolute Gasteiger partial charge is 0.399 e. The lowest BCUT2D eigenvalue weighted by Gasteiger charge is -2.03. The number of anilines is 1. The van der Waals surface area contributed by atoms with Gasteiger partial charge in [0.2, 0.25) is 0 Å². The van der Waals surface area contributed by atoms with Crippen molar-refractivity contribution in [2.45, 2.75) is 16.3 Å². The number of rotatable bonds is 2. The highest BCUT2D eigenvalue weighted by molar-refractivity contribution is 8.01. The van der Waals surface area contributed by atoms with Gasteiger partial charge in [0.05, 0.1) is 5.52 Å². The van der Waals surface area contributed by atoms with Crippen LogP contribution < -0.4 is 5.73 Å². The number of nitrogens with zero attached hydrogens (tertiary/aromatic N) is 4. The van der Waals surface area contributed by atoms with Gasteiger partial charge in [-0.3, -0.25) is 0 Å². The van der Waals surface area contributed by atoms with E-state index in [9.17, 15) is 0 Å². The maximum absolute atomic E-state index is 5.80. The second kappa shape index (κ2) is 4.51. The van der Waals surface area contributed by atoms with Gasteiger partial charge >= 0.3 is 0 Å². The number of benzene rings is 1. The van der Waals surface area contributed by atoms with E-state index in [2.05, 4.69) is 19.3 Å². The Labute approximate surface area is 112 Å². The molecule has 5 nitrogen and oxygen atoms in total. The summed E-state index contributed by atoms with van der Waals surface area (Å²) in [4.78, 5) is 12.8. The molecule has 2 heterocycles. The summed E-state index contributed by atoms with van der Waals surface area (Å²) in [5.74, 6) is 0.778. The molecule has 90 valence electrons. The highest BCUT2D eigenvalue weighted by atomic mass is 32.2. The first-order valence-electron chi connectivity index (χ1n) is 5.21. The lowest BCUT2D eigenvalue weighted by molar-refractivity contribution is 1.08. The Balaban J connectivity index is 2.08. The summed E-state index contributed by atoms with van der Waals surface area (Å²) in [6.45, 7) is 1.87. The second-order valence-corrected chi connectivity index (χ2v) is 5.65. The van der Waals surface area contributed by atoms with Crippen LogP contribution >= 0.6 is 23.3 Å². The molecule has 3 rings (SSSR count). The highest BCUT2D eigenvalue weighted by Gasteiger charge is 2.09. The zero-order valence-electron chi connectivity index (χ0n) is 9.49. The van der Waals surface area contributed by atoms with Gasteiger partial charge in [-0.2, -0.15) is 4.37 Å². The third kappa shape index (κ3) is 2.14. The molecule has 0 aliphatic heterocycles. The molecule has 0 spiro atoms. The third-order valence-corrected chi connectivity index (χ3v) is 4.18. The zero-order valence-corrected chi connectivity index (χ0v) is 11.1. The van der Waals surface area contributed by atoms with Crippen LogP contribution in [0.1, 0.15) is 5.82 Å². The summed E-state index contributed by atoms with van der Waals surface area (Å²) in [5, 5.41) is 1.79. The second-order valence-electron chi connectivity index (χ2n) is 3.66. The minimum atomic E-state index is 0.701. The van der Waals surface area contributed by atoms with Crippen LogP contribution in [0.3, 0.4) is 0 Å². The Morgan fingerprint density at radius 2 is 2.17 bits per heavy atom. The Kier molecular flexibility index (Phi) is 2.85. The first-order chi connectivity index (χ1) is 8.72. The van der Waals surface area contributed by atoms with E-state index in [4.69, 9.17) is 5.73 Å². The Hall–Kier alpha value is -1.73. The molecule has 2 aromatic heterocycles. The predicted molar refractivity (Wildman–Crippen MR) is 72.7 cm³/mol. The van der Waals surface area contributed by atoms with E-state index in [1.54, 1.807) is 6.33 Å². The molecule has 0 radical (unpaired) electrons. The zero-order chi connectivity index (χ0) is 12.5. The van der Waals surface area contributed by atoms with Crippen molar-refractivity contribution in [3.05, 3.63) is 30.4 Å². The normalized spacial score (nSPS) is 10.9. The molecule has 0 saturated carbocycles. The van der Waals surface area contributed by atoms with Crippen LogP contribution in [-0.4, -0.2) is 19.3 Å². The summed E-state index contributed by atoms with van der Waals surface area (Å²) >= 11 is 2.85. The Morgan fingerprint density at radius 3 is 2.94 bits per heavy atom. The fourth-order valence-electron chi connectivity index (χ4n) is 1.53. The standard InChI is InChI=1S/C11H9N5S2/c1-6-15-11(18-16-6)17-10-8-4-7(12)2-3-9(8)13-5-14-10/h2-5H,12H2,1H3. The predicted octanol–water partition coefficient (Wildman–Crippen LogP) is 2.52. The van der Waals surface area contributed by atoms with Crippen LogP contribution in [0, 0.1) is 6.92 Å². The number of hydrogen-bond donors (Lipinski definition) is 1. The van der Waals surface area contributed by atoms with Gasteiger partial charge in [0, 0.05) is 11.1 Å². The number of fused-ring (bicyclic) bond motifs is 1. The maximum atomic E-state index is 5.80. The topological polar surface area (TPSA) is 77.6 Å². The van der Waals surface area contributed by atoms with E-state index >= 15 is 0 Å². The average molecular weight is 275 g/mol. The van der Waals surface area contributed by atoms with Crippen LogP contribution in [0.25, 0.3) is 10.9 Å². The number of aryl methyl sites for hydroxylation is 1. The highest BCUT2D eigenvalue weighted by Crippen LogP contribution is 2.32. The molecule has 3 aromatic rings. The summed E-state index contributed by atoms with van der Waals surface area (Å²) in [5.41, 5.74) is 7.38. The van der Waals surface area contributed by atoms with Crippen LogP contribution in [0.2, 0.25) is 0 Å². The van der Waals surface area contributed by atoms with Gasteiger partial charge < -0.3 is 5.73 Å². The molecule has 0 aliphatic carbocycles. The number of hydrogen-bond acceptors (Lipinski definition) is 7. The monoisotopic (exact) mass is 275 g/mol. The van der Waals surface area contributed by atoms with Gasteiger partial charge in [-0.05, 0) is 48.4 Å². The molecular formula is C11H9N5S2. The summed E-state index contributed by atoms with van der Waals surface area (Å²) in [7, 11) is 0. The summed E-state index contributed by atoms with van der Waals surface area (Å²) in [6.07, 6.45) is 1.55.